The number of carbonyl (C=O) groups excluding carboxylic acids is 2. The van der Waals surface area contributed by atoms with E-state index in [4.69, 9.17) is 4.74 Å². The summed E-state index contributed by atoms with van der Waals surface area (Å²) in [6.07, 6.45) is -3.17. The van der Waals surface area contributed by atoms with Crippen LogP contribution in [-0.2, 0) is 9.53 Å². The molecule has 2 aromatic carbocycles. The lowest BCUT2D eigenvalue weighted by molar-refractivity contribution is -0.274. The predicted molar refractivity (Wildman–Crippen MR) is 163 cm³/mol. The van der Waals surface area contributed by atoms with Crippen molar-refractivity contribution in [3.8, 4) is 5.75 Å². The summed E-state index contributed by atoms with van der Waals surface area (Å²) in [6.45, 7) is 14.7. The zero-order valence-corrected chi connectivity index (χ0v) is 26.7. The van der Waals surface area contributed by atoms with Gasteiger partial charge in [0.05, 0.1) is 6.04 Å². The third kappa shape index (κ3) is 9.13. The van der Waals surface area contributed by atoms with E-state index in [0.717, 1.165) is 18.4 Å². The summed E-state index contributed by atoms with van der Waals surface area (Å²) in [4.78, 5) is 32.3. The van der Waals surface area contributed by atoms with Crippen molar-refractivity contribution in [3.05, 3.63) is 65.7 Å². The van der Waals surface area contributed by atoms with Crippen LogP contribution in [0.15, 0.2) is 54.6 Å². The number of piperidine rings is 1. The zero-order valence-electron chi connectivity index (χ0n) is 26.7. The predicted octanol–water partition coefficient (Wildman–Crippen LogP) is 7.27. The normalized spacial score (nSPS) is 19.9. The smallest absolute Gasteiger partial charge is 0.444 e. The van der Waals surface area contributed by atoms with Crippen molar-refractivity contribution in [1.82, 2.24) is 14.7 Å². The molecule has 2 aromatic rings. The molecule has 10 heteroatoms. The SMILES string of the molecule is CC(C)(C)OC(=O)N1CCC(CC(=O)N2CCN(C(c3ccccc3)c3cccc(OC(F)(F)F)c3)C[C@@H]2C(C)(C)C)CC1. The second kappa shape index (κ2) is 13.4. The van der Waals surface area contributed by atoms with Crippen molar-refractivity contribution in [2.75, 3.05) is 32.7 Å². The van der Waals surface area contributed by atoms with Gasteiger partial charge in [-0.25, -0.2) is 4.79 Å². The maximum atomic E-state index is 13.8. The van der Waals surface area contributed by atoms with E-state index >= 15 is 0 Å². The van der Waals surface area contributed by atoms with Gasteiger partial charge in [-0.05, 0) is 68.2 Å². The lowest BCUT2D eigenvalue weighted by Gasteiger charge is -2.50. The maximum Gasteiger partial charge on any atom is 0.573 e. The van der Waals surface area contributed by atoms with Crippen molar-refractivity contribution in [2.24, 2.45) is 11.3 Å². The molecule has 0 saturated carbocycles. The molecule has 0 aromatic heterocycles. The van der Waals surface area contributed by atoms with E-state index in [9.17, 15) is 22.8 Å². The number of halogens is 3. The van der Waals surface area contributed by atoms with Crippen LogP contribution in [0, 0.1) is 11.3 Å². The minimum Gasteiger partial charge on any atom is -0.444 e. The largest absolute Gasteiger partial charge is 0.573 e. The standard InChI is InChI=1S/C34H46F3N3O4/c1-32(2,3)28-23-39(30(25-11-8-7-9-12-25)26-13-10-14-27(22-26)43-34(35,36)37)19-20-40(28)29(41)21-24-15-17-38(18-16-24)31(42)44-33(4,5)6/h7-14,22,24,28,30H,15-21,23H2,1-6H3/t28-,30?/m1/s1. The first-order chi connectivity index (χ1) is 20.5. The molecule has 0 N–H and O–H groups in total. The molecule has 44 heavy (non-hydrogen) atoms. The van der Waals surface area contributed by atoms with Gasteiger partial charge in [0.2, 0.25) is 5.91 Å². The Morgan fingerprint density at radius 3 is 2.09 bits per heavy atom. The van der Waals surface area contributed by atoms with E-state index in [1.807, 2.05) is 62.1 Å². The van der Waals surface area contributed by atoms with Crippen molar-refractivity contribution < 1.29 is 32.2 Å². The average molecular weight is 618 g/mol. The van der Waals surface area contributed by atoms with Gasteiger partial charge in [-0.1, -0.05) is 63.2 Å². The number of benzene rings is 2. The molecule has 2 aliphatic rings. The first-order valence-corrected chi connectivity index (χ1v) is 15.4. The van der Waals surface area contributed by atoms with E-state index in [1.165, 1.54) is 12.1 Å². The van der Waals surface area contributed by atoms with Gasteiger partial charge in [0.1, 0.15) is 11.4 Å². The van der Waals surface area contributed by atoms with Gasteiger partial charge in [-0.2, -0.15) is 0 Å². The van der Waals surface area contributed by atoms with Gasteiger partial charge < -0.3 is 19.3 Å². The Balaban J connectivity index is 1.49. The fraction of sp³-hybridized carbons (Fsp3) is 0.588. The highest BCUT2D eigenvalue weighted by Crippen LogP contribution is 2.37. The van der Waals surface area contributed by atoms with Crippen LogP contribution >= 0.6 is 0 Å². The van der Waals surface area contributed by atoms with Crippen molar-refractivity contribution >= 4 is 12.0 Å². The molecular formula is C34H46F3N3O4. The molecule has 242 valence electrons. The van der Waals surface area contributed by atoms with Crippen molar-refractivity contribution in [2.45, 2.75) is 84.9 Å². The van der Waals surface area contributed by atoms with Crippen LogP contribution in [0.2, 0.25) is 0 Å². The Morgan fingerprint density at radius 2 is 1.50 bits per heavy atom. The number of rotatable bonds is 6. The number of nitrogens with zero attached hydrogens (tertiary/aromatic N) is 3. The molecule has 0 bridgehead atoms. The summed E-state index contributed by atoms with van der Waals surface area (Å²) in [6, 6.07) is 15.5. The number of alkyl halides is 3. The summed E-state index contributed by atoms with van der Waals surface area (Å²) in [5.41, 5.74) is 0.868. The Hall–Kier alpha value is -3.27. The summed E-state index contributed by atoms with van der Waals surface area (Å²) in [5.74, 6) is 0.0419. The number of likely N-dealkylation sites (tertiary alicyclic amines) is 1. The van der Waals surface area contributed by atoms with Crippen LogP contribution in [0.4, 0.5) is 18.0 Å². The number of hydrogen-bond donors (Lipinski definition) is 0. The second-order valence-electron chi connectivity index (χ2n) is 14.0. The van der Waals surface area contributed by atoms with Gasteiger partial charge in [0, 0.05) is 45.2 Å². The highest BCUT2D eigenvalue weighted by molar-refractivity contribution is 5.77. The van der Waals surface area contributed by atoms with E-state index in [-0.39, 0.29) is 41.2 Å². The van der Waals surface area contributed by atoms with Crippen molar-refractivity contribution in [3.63, 3.8) is 0 Å². The molecule has 0 aliphatic carbocycles. The Bertz CT molecular complexity index is 1270. The summed E-state index contributed by atoms with van der Waals surface area (Å²) in [7, 11) is 0. The van der Waals surface area contributed by atoms with Crippen LogP contribution in [0.1, 0.15) is 78.0 Å². The lowest BCUT2D eigenvalue weighted by Crippen LogP contribution is -2.60. The van der Waals surface area contributed by atoms with Gasteiger partial charge in [-0.3, -0.25) is 9.69 Å². The molecule has 2 saturated heterocycles. The van der Waals surface area contributed by atoms with E-state index in [1.54, 1.807) is 11.0 Å². The number of carbonyl (C=O) groups is 2. The molecule has 2 atom stereocenters. The first-order valence-electron chi connectivity index (χ1n) is 15.4. The monoisotopic (exact) mass is 617 g/mol. The molecular weight excluding hydrogens is 571 g/mol. The highest BCUT2D eigenvalue weighted by atomic mass is 19.4. The molecule has 2 aliphatic heterocycles. The summed E-state index contributed by atoms with van der Waals surface area (Å²) < 4.78 is 48.9. The second-order valence-corrected chi connectivity index (χ2v) is 14.0. The van der Waals surface area contributed by atoms with Crippen LogP contribution in [0.25, 0.3) is 0 Å². The van der Waals surface area contributed by atoms with Gasteiger partial charge >= 0.3 is 12.5 Å². The topological polar surface area (TPSA) is 62.3 Å². The van der Waals surface area contributed by atoms with Crippen molar-refractivity contribution in [1.29, 1.82) is 0 Å². The highest BCUT2D eigenvalue weighted by Gasteiger charge is 2.41. The Morgan fingerprint density at radius 1 is 0.864 bits per heavy atom. The van der Waals surface area contributed by atoms with Crippen LogP contribution in [0.3, 0.4) is 0 Å². The van der Waals surface area contributed by atoms with Gasteiger partial charge in [0.25, 0.3) is 0 Å². The molecule has 2 fully saturated rings. The zero-order chi connectivity index (χ0) is 32.3. The Labute approximate surface area is 259 Å². The third-order valence-electron chi connectivity index (χ3n) is 8.35. The number of piperazine rings is 1. The summed E-state index contributed by atoms with van der Waals surface area (Å²) >= 11 is 0. The van der Waals surface area contributed by atoms with Crippen LogP contribution < -0.4 is 4.74 Å². The fourth-order valence-electron chi connectivity index (χ4n) is 6.22. The maximum absolute atomic E-state index is 13.8. The lowest BCUT2D eigenvalue weighted by atomic mass is 9.82. The first kappa shape index (κ1) is 33.6. The minimum absolute atomic E-state index is 0.105. The van der Waals surface area contributed by atoms with Crippen LogP contribution in [0.5, 0.6) is 5.75 Å². The quantitative estimate of drug-likeness (QED) is 0.341. The van der Waals surface area contributed by atoms with Gasteiger partial charge in [0.15, 0.2) is 0 Å². The number of hydrogen-bond acceptors (Lipinski definition) is 5. The molecule has 2 heterocycles. The fourth-order valence-corrected chi connectivity index (χ4v) is 6.22. The minimum atomic E-state index is -4.78. The molecule has 1 unspecified atom stereocenters. The Kier molecular flexibility index (Phi) is 10.2. The van der Waals surface area contributed by atoms with E-state index in [2.05, 4.69) is 30.4 Å². The third-order valence-corrected chi connectivity index (χ3v) is 8.35. The molecule has 0 radical (unpaired) electrons. The molecule has 2 amide bonds. The van der Waals surface area contributed by atoms with Gasteiger partial charge in [-0.15, -0.1) is 13.2 Å². The van der Waals surface area contributed by atoms with E-state index in [0.29, 0.717) is 44.7 Å². The molecule has 0 spiro atoms. The van der Waals surface area contributed by atoms with E-state index < -0.39 is 12.0 Å². The van der Waals surface area contributed by atoms with Crippen LogP contribution in [-0.4, -0.2) is 77.4 Å². The molecule has 7 nitrogen and oxygen atoms in total. The number of amides is 2. The average Bonchev–Trinajstić information content (AvgIpc) is 2.92. The molecule has 4 rings (SSSR count). The number of ether oxygens (including phenoxy) is 2. The summed E-state index contributed by atoms with van der Waals surface area (Å²) in [5, 5.41) is 0.